The molecule has 2 aliphatic rings. The molecule has 0 saturated carbocycles. The van der Waals surface area contributed by atoms with Gasteiger partial charge in [-0.1, -0.05) is 17.7 Å². The number of hydrogen-bond acceptors (Lipinski definition) is 3. The number of hydrogen-bond donors (Lipinski definition) is 3. The van der Waals surface area contributed by atoms with E-state index in [0.717, 1.165) is 56.5 Å². The van der Waals surface area contributed by atoms with Gasteiger partial charge in [0.15, 0.2) is 6.54 Å². The molecule has 4 rings (SSSR count). The van der Waals surface area contributed by atoms with Crippen molar-refractivity contribution in [3.63, 3.8) is 0 Å². The quantitative estimate of drug-likeness (QED) is 0.628. The summed E-state index contributed by atoms with van der Waals surface area (Å²) in [6.45, 7) is 8.94. The van der Waals surface area contributed by atoms with E-state index in [9.17, 15) is 4.79 Å². The van der Waals surface area contributed by atoms with Gasteiger partial charge < -0.3 is 24.6 Å². The van der Waals surface area contributed by atoms with Crippen molar-refractivity contribution < 1.29 is 24.1 Å². The first-order valence-electron chi connectivity index (χ1n) is 11.1. The minimum atomic E-state index is 0.0692. The Bertz CT molecular complexity index is 809. The van der Waals surface area contributed by atoms with Crippen LogP contribution in [0.2, 0.25) is 0 Å². The Labute approximate surface area is 178 Å². The fourth-order valence-corrected chi connectivity index (χ4v) is 4.25. The van der Waals surface area contributed by atoms with Crippen LogP contribution in [0.25, 0.3) is 0 Å². The van der Waals surface area contributed by atoms with Crippen LogP contribution in [0.5, 0.6) is 11.5 Å². The summed E-state index contributed by atoms with van der Waals surface area (Å²) < 4.78 is 11.6. The third-order valence-corrected chi connectivity index (χ3v) is 6.01. The maximum Gasteiger partial charge on any atom is 0.279 e. The monoisotopic (exact) mass is 411 g/mol. The molecule has 0 spiro atoms. The Kier molecular flexibility index (Phi) is 7.00. The van der Waals surface area contributed by atoms with E-state index >= 15 is 0 Å². The van der Waals surface area contributed by atoms with Gasteiger partial charge in [0.2, 0.25) is 0 Å². The predicted octanol–water partition coefficient (Wildman–Crippen LogP) is 0.688. The standard InChI is InChI=1S/C24H31N3O3/c1-19-4-8-21(9-5-19)30-22-10-6-20(7-11-22)25-24(28)18-27-14-12-26(13-15-27)17-23-3-2-16-29-23/h4-11,23H,2-3,12-18H2,1H3,(H,25,28)/p+2/t23-/m0/s1. The second-order valence-electron chi connectivity index (χ2n) is 8.50. The molecule has 2 heterocycles. The first-order valence-corrected chi connectivity index (χ1v) is 11.1. The SMILES string of the molecule is Cc1ccc(Oc2ccc(NC(=O)C[NH+]3CC[NH+](C[C@@H]4CCCO4)CC3)cc2)cc1. The summed E-state index contributed by atoms with van der Waals surface area (Å²) in [5.41, 5.74) is 2.01. The lowest BCUT2D eigenvalue weighted by atomic mass is 10.2. The van der Waals surface area contributed by atoms with E-state index in [1.54, 1.807) is 4.90 Å². The number of quaternary nitrogens is 2. The van der Waals surface area contributed by atoms with Gasteiger partial charge in [0.25, 0.3) is 5.91 Å². The van der Waals surface area contributed by atoms with Crippen LogP contribution in [0.1, 0.15) is 18.4 Å². The molecule has 6 nitrogen and oxygen atoms in total. The molecule has 0 aromatic heterocycles. The molecule has 2 aromatic rings. The number of rotatable bonds is 7. The Hall–Kier alpha value is -2.41. The maximum atomic E-state index is 12.5. The molecule has 2 fully saturated rings. The van der Waals surface area contributed by atoms with Crippen LogP contribution >= 0.6 is 0 Å². The molecule has 3 N–H and O–H groups in total. The van der Waals surface area contributed by atoms with E-state index in [-0.39, 0.29) is 5.91 Å². The first kappa shape index (κ1) is 20.8. The fraction of sp³-hybridized carbons (Fsp3) is 0.458. The second-order valence-corrected chi connectivity index (χ2v) is 8.50. The summed E-state index contributed by atoms with van der Waals surface area (Å²) in [4.78, 5) is 15.4. The van der Waals surface area contributed by atoms with E-state index in [1.807, 2.05) is 48.5 Å². The van der Waals surface area contributed by atoms with Crippen molar-refractivity contribution in [1.29, 1.82) is 0 Å². The van der Waals surface area contributed by atoms with Gasteiger partial charge in [0.1, 0.15) is 50.3 Å². The summed E-state index contributed by atoms with van der Waals surface area (Å²) in [5, 5.41) is 3.02. The molecule has 2 saturated heterocycles. The van der Waals surface area contributed by atoms with Gasteiger partial charge in [0, 0.05) is 12.3 Å². The molecule has 160 valence electrons. The number of ether oxygens (including phenoxy) is 2. The Morgan fingerprint density at radius 3 is 2.27 bits per heavy atom. The van der Waals surface area contributed by atoms with E-state index in [2.05, 4.69) is 12.2 Å². The van der Waals surface area contributed by atoms with E-state index in [1.165, 1.54) is 23.3 Å². The van der Waals surface area contributed by atoms with Crippen molar-refractivity contribution in [1.82, 2.24) is 0 Å². The average Bonchev–Trinajstić information content (AvgIpc) is 3.26. The number of anilines is 1. The third-order valence-electron chi connectivity index (χ3n) is 6.01. The molecular weight excluding hydrogens is 378 g/mol. The molecule has 2 aliphatic heterocycles. The zero-order chi connectivity index (χ0) is 20.8. The first-order chi connectivity index (χ1) is 14.6. The molecule has 30 heavy (non-hydrogen) atoms. The van der Waals surface area contributed by atoms with Gasteiger partial charge in [-0.15, -0.1) is 0 Å². The van der Waals surface area contributed by atoms with Crippen molar-refractivity contribution in [3.8, 4) is 11.5 Å². The Morgan fingerprint density at radius 1 is 1.00 bits per heavy atom. The highest BCUT2D eigenvalue weighted by Crippen LogP contribution is 2.23. The number of nitrogens with one attached hydrogen (secondary N) is 3. The molecule has 2 aromatic carbocycles. The fourth-order valence-electron chi connectivity index (χ4n) is 4.25. The zero-order valence-electron chi connectivity index (χ0n) is 17.8. The maximum absolute atomic E-state index is 12.5. The summed E-state index contributed by atoms with van der Waals surface area (Å²) in [5.74, 6) is 1.63. The lowest BCUT2D eigenvalue weighted by Gasteiger charge is -2.30. The molecule has 0 radical (unpaired) electrons. The highest BCUT2D eigenvalue weighted by molar-refractivity contribution is 5.91. The molecule has 1 amide bonds. The predicted molar refractivity (Wildman–Crippen MR) is 116 cm³/mol. The smallest absolute Gasteiger partial charge is 0.279 e. The van der Waals surface area contributed by atoms with Gasteiger partial charge in [-0.2, -0.15) is 0 Å². The summed E-state index contributed by atoms with van der Waals surface area (Å²) >= 11 is 0. The lowest BCUT2D eigenvalue weighted by Crippen LogP contribution is -3.28. The normalized spacial score (nSPS) is 23.8. The highest BCUT2D eigenvalue weighted by Gasteiger charge is 2.28. The minimum Gasteiger partial charge on any atom is -0.457 e. The molecular formula is C24H33N3O3+2. The Balaban J connectivity index is 1.19. The van der Waals surface area contributed by atoms with Crippen LogP contribution in [-0.4, -0.2) is 57.9 Å². The zero-order valence-corrected chi connectivity index (χ0v) is 17.8. The van der Waals surface area contributed by atoms with Crippen LogP contribution in [0, 0.1) is 6.92 Å². The minimum absolute atomic E-state index is 0.0692. The summed E-state index contributed by atoms with van der Waals surface area (Å²) in [7, 11) is 0. The molecule has 0 aliphatic carbocycles. The van der Waals surface area contributed by atoms with Crippen molar-refractivity contribution in [3.05, 3.63) is 54.1 Å². The van der Waals surface area contributed by atoms with Crippen LogP contribution < -0.4 is 19.9 Å². The van der Waals surface area contributed by atoms with E-state index < -0.39 is 0 Å². The third kappa shape index (κ3) is 6.05. The van der Waals surface area contributed by atoms with Gasteiger partial charge in [-0.25, -0.2) is 0 Å². The van der Waals surface area contributed by atoms with Crippen LogP contribution in [0.4, 0.5) is 5.69 Å². The number of carbonyl (C=O) groups excluding carboxylic acids is 1. The van der Waals surface area contributed by atoms with Gasteiger partial charge in [-0.3, -0.25) is 4.79 Å². The number of carbonyl (C=O) groups is 1. The van der Waals surface area contributed by atoms with Gasteiger partial charge in [-0.05, 0) is 56.2 Å². The second kappa shape index (κ2) is 10.1. The number of amides is 1. The van der Waals surface area contributed by atoms with E-state index in [0.29, 0.717) is 12.6 Å². The molecule has 1 atom stereocenters. The van der Waals surface area contributed by atoms with E-state index in [4.69, 9.17) is 9.47 Å². The lowest BCUT2D eigenvalue weighted by molar-refractivity contribution is -1.01. The van der Waals surface area contributed by atoms with Crippen LogP contribution in [0.15, 0.2) is 48.5 Å². The van der Waals surface area contributed by atoms with Crippen molar-refractivity contribution in [2.24, 2.45) is 0 Å². The summed E-state index contributed by atoms with van der Waals surface area (Å²) in [6.07, 6.45) is 2.86. The van der Waals surface area contributed by atoms with Crippen molar-refractivity contribution >= 4 is 11.6 Å². The Morgan fingerprint density at radius 2 is 1.63 bits per heavy atom. The molecule has 0 bridgehead atoms. The average molecular weight is 412 g/mol. The largest absolute Gasteiger partial charge is 0.457 e. The van der Waals surface area contributed by atoms with Crippen molar-refractivity contribution in [2.75, 3.05) is 51.2 Å². The molecule has 0 unspecified atom stereocenters. The van der Waals surface area contributed by atoms with Crippen LogP contribution in [0.3, 0.4) is 0 Å². The number of piperazine rings is 1. The summed E-state index contributed by atoms with van der Waals surface area (Å²) in [6, 6.07) is 15.5. The number of benzene rings is 2. The molecule has 6 heteroatoms. The topological polar surface area (TPSA) is 56.4 Å². The van der Waals surface area contributed by atoms with Crippen molar-refractivity contribution in [2.45, 2.75) is 25.9 Å². The van der Waals surface area contributed by atoms with Gasteiger partial charge >= 0.3 is 0 Å². The van der Waals surface area contributed by atoms with Crippen LogP contribution in [-0.2, 0) is 9.53 Å². The highest BCUT2D eigenvalue weighted by atomic mass is 16.5. The van der Waals surface area contributed by atoms with Gasteiger partial charge in [0.05, 0.1) is 0 Å². The number of aryl methyl sites for hydroxylation is 1.